The van der Waals surface area contributed by atoms with Crippen molar-refractivity contribution in [2.45, 2.75) is 22.0 Å². The summed E-state index contributed by atoms with van der Waals surface area (Å²) in [5.41, 5.74) is 0.455. The van der Waals surface area contributed by atoms with Gasteiger partial charge in [-0.15, -0.1) is 11.8 Å². The molecular formula is C19H17FN4O3S2. The van der Waals surface area contributed by atoms with E-state index in [9.17, 15) is 17.6 Å². The van der Waals surface area contributed by atoms with Crippen LogP contribution < -0.4 is 10.0 Å². The second-order valence-electron chi connectivity index (χ2n) is 5.91. The van der Waals surface area contributed by atoms with Gasteiger partial charge in [-0.05, 0) is 61.5 Å². The highest BCUT2D eigenvalue weighted by atomic mass is 32.2. The van der Waals surface area contributed by atoms with Crippen LogP contribution in [0.25, 0.3) is 0 Å². The van der Waals surface area contributed by atoms with E-state index in [1.54, 1.807) is 25.1 Å². The van der Waals surface area contributed by atoms with E-state index in [1.807, 2.05) is 0 Å². The first-order valence-electron chi connectivity index (χ1n) is 8.46. The van der Waals surface area contributed by atoms with Crippen molar-refractivity contribution in [2.24, 2.45) is 0 Å². The summed E-state index contributed by atoms with van der Waals surface area (Å²) >= 11 is 1.29. The van der Waals surface area contributed by atoms with Gasteiger partial charge in [-0.25, -0.2) is 27.5 Å². The lowest BCUT2D eigenvalue weighted by molar-refractivity contribution is -0.115. The molecule has 0 saturated heterocycles. The Labute approximate surface area is 171 Å². The number of carbonyl (C=O) groups is 1. The number of hydrogen-bond acceptors (Lipinski definition) is 6. The number of rotatable bonds is 7. The molecule has 0 saturated carbocycles. The molecule has 1 aromatic heterocycles. The highest BCUT2D eigenvalue weighted by molar-refractivity contribution is 8.00. The number of hydrogen-bond donors (Lipinski definition) is 2. The summed E-state index contributed by atoms with van der Waals surface area (Å²) in [5, 5.41) is 2.30. The van der Waals surface area contributed by atoms with Gasteiger partial charge in [0.2, 0.25) is 11.9 Å². The van der Waals surface area contributed by atoms with E-state index in [0.29, 0.717) is 5.69 Å². The Morgan fingerprint density at radius 2 is 1.66 bits per heavy atom. The SMILES string of the molecule is C[C@@H](Sc1ccc(F)cc1)C(=O)Nc1ccc(S(=O)(=O)Nc2ncccn2)cc1. The van der Waals surface area contributed by atoms with E-state index in [4.69, 9.17) is 0 Å². The van der Waals surface area contributed by atoms with Crippen LogP contribution >= 0.6 is 11.8 Å². The third-order valence-corrected chi connectivity index (χ3v) is 6.18. The smallest absolute Gasteiger partial charge is 0.264 e. The van der Waals surface area contributed by atoms with Gasteiger partial charge in [-0.1, -0.05) is 0 Å². The molecule has 150 valence electrons. The summed E-state index contributed by atoms with van der Waals surface area (Å²) in [6, 6.07) is 13.2. The maximum atomic E-state index is 13.0. The van der Waals surface area contributed by atoms with Crippen LogP contribution in [0.5, 0.6) is 0 Å². The maximum Gasteiger partial charge on any atom is 0.264 e. The number of benzene rings is 2. The molecule has 1 atom stereocenters. The molecule has 0 aliphatic carbocycles. The minimum Gasteiger partial charge on any atom is -0.325 e. The molecule has 3 rings (SSSR count). The number of carbonyl (C=O) groups excluding carboxylic acids is 1. The number of halogens is 1. The highest BCUT2D eigenvalue weighted by Gasteiger charge is 2.17. The van der Waals surface area contributed by atoms with Crippen LogP contribution in [0.3, 0.4) is 0 Å². The summed E-state index contributed by atoms with van der Waals surface area (Å²) in [7, 11) is -3.84. The third-order valence-electron chi connectivity index (χ3n) is 3.72. The van der Waals surface area contributed by atoms with E-state index in [1.165, 1.54) is 60.6 Å². The predicted molar refractivity (Wildman–Crippen MR) is 110 cm³/mol. The zero-order valence-electron chi connectivity index (χ0n) is 15.2. The second kappa shape index (κ2) is 9.01. The van der Waals surface area contributed by atoms with Crippen LogP contribution in [0, 0.1) is 5.82 Å². The first kappa shape index (κ1) is 20.7. The first-order valence-corrected chi connectivity index (χ1v) is 10.8. The topological polar surface area (TPSA) is 101 Å². The monoisotopic (exact) mass is 432 g/mol. The Morgan fingerprint density at radius 3 is 2.28 bits per heavy atom. The number of nitrogens with one attached hydrogen (secondary N) is 2. The summed E-state index contributed by atoms with van der Waals surface area (Å²) in [5.74, 6) is -0.628. The van der Waals surface area contributed by atoms with Gasteiger partial charge in [0.05, 0.1) is 10.1 Å². The van der Waals surface area contributed by atoms with Crippen LogP contribution in [0.4, 0.5) is 16.0 Å². The number of thioether (sulfide) groups is 1. The number of sulfonamides is 1. The molecule has 3 aromatic rings. The van der Waals surface area contributed by atoms with Crippen molar-refractivity contribution in [2.75, 3.05) is 10.0 Å². The van der Waals surface area contributed by atoms with Gasteiger partial charge in [0, 0.05) is 23.0 Å². The van der Waals surface area contributed by atoms with Crippen molar-refractivity contribution in [3.8, 4) is 0 Å². The second-order valence-corrected chi connectivity index (χ2v) is 9.00. The fourth-order valence-corrected chi connectivity index (χ4v) is 4.09. The minimum absolute atomic E-state index is 0.0108. The molecule has 2 aromatic carbocycles. The van der Waals surface area contributed by atoms with Crippen molar-refractivity contribution in [1.29, 1.82) is 0 Å². The fraction of sp³-hybridized carbons (Fsp3) is 0.105. The van der Waals surface area contributed by atoms with Crippen LogP contribution in [0.1, 0.15) is 6.92 Å². The largest absolute Gasteiger partial charge is 0.325 e. The summed E-state index contributed by atoms with van der Waals surface area (Å²) in [6.45, 7) is 1.73. The quantitative estimate of drug-likeness (QED) is 0.554. The van der Waals surface area contributed by atoms with E-state index in [0.717, 1.165) is 4.90 Å². The summed E-state index contributed by atoms with van der Waals surface area (Å²) < 4.78 is 40.0. The first-order chi connectivity index (χ1) is 13.8. The Hall–Kier alpha value is -2.98. The zero-order valence-corrected chi connectivity index (χ0v) is 16.9. The van der Waals surface area contributed by atoms with Gasteiger partial charge in [0.25, 0.3) is 10.0 Å². The Balaban J connectivity index is 1.62. The normalized spacial score (nSPS) is 12.2. The van der Waals surface area contributed by atoms with Gasteiger partial charge < -0.3 is 5.32 Å². The Morgan fingerprint density at radius 1 is 1.03 bits per heavy atom. The van der Waals surface area contributed by atoms with E-state index >= 15 is 0 Å². The maximum absolute atomic E-state index is 13.0. The number of amides is 1. The van der Waals surface area contributed by atoms with Crippen molar-refractivity contribution in [3.05, 3.63) is 72.8 Å². The van der Waals surface area contributed by atoms with Crippen LogP contribution in [0.2, 0.25) is 0 Å². The molecule has 7 nitrogen and oxygen atoms in total. The lowest BCUT2D eigenvalue weighted by Crippen LogP contribution is -2.22. The van der Waals surface area contributed by atoms with Gasteiger partial charge >= 0.3 is 0 Å². The van der Waals surface area contributed by atoms with Crippen LogP contribution in [-0.4, -0.2) is 29.5 Å². The summed E-state index contributed by atoms with van der Waals surface area (Å²) in [4.78, 5) is 20.8. The van der Waals surface area contributed by atoms with Crippen molar-refractivity contribution < 1.29 is 17.6 Å². The molecule has 1 amide bonds. The summed E-state index contributed by atoms with van der Waals surface area (Å²) in [6.07, 6.45) is 2.85. The Bertz CT molecular complexity index is 1080. The predicted octanol–water partition coefficient (Wildman–Crippen LogP) is 3.54. The van der Waals surface area contributed by atoms with Crippen molar-refractivity contribution in [3.63, 3.8) is 0 Å². The highest BCUT2D eigenvalue weighted by Crippen LogP contribution is 2.24. The number of nitrogens with zero attached hydrogens (tertiary/aromatic N) is 2. The van der Waals surface area contributed by atoms with Gasteiger partial charge in [-0.3, -0.25) is 4.79 Å². The molecule has 0 fully saturated rings. The lowest BCUT2D eigenvalue weighted by Gasteiger charge is -2.12. The molecule has 0 aliphatic heterocycles. The Kier molecular flexibility index (Phi) is 6.45. The molecule has 1 heterocycles. The van der Waals surface area contributed by atoms with Gasteiger partial charge in [0.15, 0.2) is 0 Å². The van der Waals surface area contributed by atoms with Crippen molar-refractivity contribution >= 4 is 39.3 Å². The molecule has 0 aliphatic rings. The number of aromatic nitrogens is 2. The zero-order chi connectivity index (χ0) is 20.9. The third kappa shape index (κ3) is 5.75. The van der Waals surface area contributed by atoms with Gasteiger partial charge in [0.1, 0.15) is 5.82 Å². The van der Waals surface area contributed by atoms with Gasteiger partial charge in [-0.2, -0.15) is 0 Å². The lowest BCUT2D eigenvalue weighted by atomic mass is 10.3. The average molecular weight is 433 g/mol. The molecule has 0 bridgehead atoms. The standard InChI is InChI=1S/C19H17FN4O3S2/c1-13(28-16-7-3-14(20)4-8-16)18(25)23-15-5-9-17(10-6-15)29(26,27)24-19-21-11-2-12-22-19/h2-13H,1H3,(H,23,25)(H,21,22,24)/t13-/m1/s1. The van der Waals surface area contributed by atoms with Crippen LogP contribution in [0.15, 0.2) is 76.8 Å². The van der Waals surface area contributed by atoms with E-state index in [2.05, 4.69) is 20.0 Å². The van der Waals surface area contributed by atoms with Crippen LogP contribution in [-0.2, 0) is 14.8 Å². The molecule has 0 spiro atoms. The van der Waals surface area contributed by atoms with E-state index < -0.39 is 15.3 Å². The molecular weight excluding hydrogens is 415 g/mol. The molecule has 10 heteroatoms. The average Bonchev–Trinajstić information content (AvgIpc) is 2.70. The van der Waals surface area contributed by atoms with E-state index in [-0.39, 0.29) is 22.6 Å². The molecule has 0 unspecified atom stereocenters. The minimum atomic E-state index is -3.84. The fourth-order valence-electron chi connectivity index (χ4n) is 2.26. The van der Waals surface area contributed by atoms with Crippen molar-refractivity contribution in [1.82, 2.24) is 9.97 Å². The number of anilines is 2. The molecule has 29 heavy (non-hydrogen) atoms. The molecule has 2 N–H and O–H groups in total. The molecule has 0 radical (unpaired) electrons.